The number of aromatic nitrogens is 1. The molecule has 0 spiro atoms. The van der Waals surface area contributed by atoms with E-state index in [-0.39, 0.29) is 5.91 Å². The maximum absolute atomic E-state index is 11.6. The number of hydrogen-bond acceptors (Lipinski definition) is 5. The fourth-order valence-corrected chi connectivity index (χ4v) is 3.47. The molecule has 0 aliphatic carbocycles. The molecule has 0 atom stereocenters. The number of fused-ring (bicyclic) bond motifs is 1. The zero-order chi connectivity index (χ0) is 14.8. The van der Waals surface area contributed by atoms with Crippen molar-refractivity contribution in [3.05, 3.63) is 16.5 Å². The summed E-state index contributed by atoms with van der Waals surface area (Å²) < 4.78 is 7.14. The van der Waals surface area contributed by atoms with E-state index in [4.69, 9.17) is 16.3 Å². The molecule has 2 aromatic rings. The molecule has 7 heteroatoms. The fraction of sp³-hybridized carbons (Fsp3) is 0.429. The Hall–Kier alpha value is -1.37. The maximum Gasteiger partial charge on any atom is 0.225 e. The van der Waals surface area contributed by atoms with E-state index in [0.29, 0.717) is 25.5 Å². The molecular formula is C14H16ClN3O2S. The van der Waals surface area contributed by atoms with Crippen LogP contribution in [0.25, 0.3) is 10.1 Å². The lowest BCUT2D eigenvalue weighted by atomic mass is 10.2. The SMILES string of the molecule is CCC(=O)Nc1cc2sc(Cl)cc2c(N2CCOCC2)n1. The number of hydrogen-bond donors (Lipinski definition) is 1. The highest BCUT2D eigenvalue weighted by Crippen LogP contribution is 2.36. The van der Waals surface area contributed by atoms with E-state index in [1.807, 2.05) is 19.1 Å². The van der Waals surface area contributed by atoms with Gasteiger partial charge in [-0.15, -0.1) is 11.3 Å². The number of ether oxygens (including phenoxy) is 1. The lowest BCUT2D eigenvalue weighted by molar-refractivity contribution is -0.115. The number of nitrogens with zero attached hydrogens (tertiary/aromatic N) is 2. The summed E-state index contributed by atoms with van der Waals surface area (Å²) in [5, 5.41) is 3.86. The van der Waals surface area contributed by atoms with Crippen LogP contribution in [0.4, 0.5) is 11.6 Å². The van der Waals surface area contributed by atoms with Gasteiger partial charge >= 0.3 is 0 Å². The van der Waals surface area contributed by atoms with E-state index >= 15 is 0 Å². The summed E-state index contributed by atoms with van der Waals surface area (Å²) in [6, 6.07) is 3.81. The third-order valence-corrected chi connectivity index (χ3v) is 4.58. The van der Waals surface area contributed by atoms with Crippen molar-refractivity contribution in [3.8, 4) is 0 Å². The van der Waals surface area contributed by atoms with Crippen LogP contribution in [0.5, 0.6) is 0 Å². The first kappa shape index (κ1) is 14.6. The second kappa shape index (κ2) is 6.17. The molecule has 21 heavy (non-hydrogen) atoms. The van der Waals surface area contributed by atoms with Gasteiger partial charge in [0.05, 0.1) is 17.6 Å². The van der Waals surface area contributed by atoms with Crippen molar-refractivity contribution < 1.29 is 9.53 Å². The van der Waals surface area contributed by atoms with Crippen LogP contribution in [0.1, 0.15) is 13.3 Å². The average molecular weight is 326 g/mol. The summed E-state index contributed by atoms with van der Waals surface area (Å²) in [6.07, 6.45) is 0.428. The van der Waals surface area contributed by atoms with Crippen LogP contribution in [0, 0.1) is 0 Å². The summed E-state index contributed by atoms with van der Waals surface area (Å²) in [5.74, 6) is 1.40. The molecule has 112 valence electrons. The first-order chi connectivity index (χ1) is 10.2. The van der Waals surface area contributed by atoms with Gasteiger partial charge in [-0.25, -0.2) is 4.98 Å². The number of carbonyl (C=O) groups is 1. The van der Waals surface area contributed by atoms with Crippen molar-refractivity contribution in [1.82, 2.24) is 4.98 Å². The largest absolute Gasteiger partial charge is 0.378 e. The maximum atomic E-state index is 11.6. The highest BCUT2D eigenvalue weighted by molar-refractivity contribution is 7.22. The summed E-state index contributed by atoms with van der Waals surface area (Å²) in [7, 11) is 0. The summed E-state index contributed by atoms with van der Waals surface area (Å²) >= 11 is 7.63. The Labute approximate surface area is 131 Å². The molecule has 3 heterocycles. The Morgan fingerprint density at radius 2 is 2.24 bits per heavy atom. The quantitative estimate of drug-likeness (QED) is 0.942. The Morgan fingerprint density at radius 3 is 2.95 bits per heavy atom. The molecule has 1 N–H and O–H groups in total. The van der Waals surface area contributed by atoms with E-state index in [1.165, 1.54) is 11.3 Å². The monoisotopic (exact) mass is 325 g/mol. The molecule has 1 fully saturated rings. The standard InChI is InChI=1S/C14H16ClN3O2S/c1-2-13(19)16-12-8-10-9(7-11(15)21-10)14(17-12)18-3-5-20-6-4-18/h7-8H,2-6H2,1H3,(H,16,17,19). The molecule has 0 bridgehead atoms. The van der Waals surface area contributed by atoms with Crippen LogP contribution >= 0.6 is 22.9 Å². The first-order valence-corrected chi connectivity index (χ1v) is 8.09. The number of nitrogens with one attached hydrogen (secondary N) is 1. The van der Waals surface area contributed by atoms with Gasteiger partial charge in [-0.05, 0) is 12.1 Å². The van der Waals surface area contributed by atoms with Crippen molar-refractivity contribution in [2.24, 2.45) is 0 Å². The van der Waals surface area contributed by atoms with Crippen molar-refractivity contribution >= 4 is 50.6 Å². The number of rotatable bonds is 3. The lowest BCUT2D eigenvalue weighted by Gasteiger charge is -2.28. The second-order valence-corrected chi connectivity index (χ2v) is 6.51. The number of pyridine rings is 1. The summed E-state index contributed by atoms with van der Waals surface area (Å²) in [6.45, 7) is 4.78. The minimum atomic E-state index is -0.0440. The summed E-state index contributed by atoms with van der Waals surface area (Å²) in [5.41, 5.74) is 0. The molecule has 2 aromatic heterocycles. The number of amides is 1. The first-order valence-electron chi connectivity index (χ1n) is 6.90. The minimum Gasteiger partial charge on any atom is -0.378 e. The van der Waals surface area contributed by atoms with Gasteiger partial charge < -0.3 is 15.0 Å². The van der Waals surface area contributed by atoms with E-state index in [9.17, 15) is 4.79 Å². The minimum absolute atomic E-state index is 0.0440. The van der Waals surface area contributed by atoms with Crippen LogP contribution in [-0.4, -0.2) is 37.2 Å². The van der Waals surface area contributed by atoms with Gasteiger partial charge in [0.1, 0.15) is 11.6 Å². The number of carbonyl (C=O) groups excluding carboxylic acids is 1. The molecule has 3 rings (SSSR count). The molecular weight excluding hydrogens is 310 g/mol. The number of halogens is 1. The van der Waals surface area contributed by atoms with Crippen LogP contribution < -0.4 is 10.2 Å². The normalized spacial score (nSPS) is 15.4. The third kappa shape index (κ3) is 3.12. The Kier molecular flexibility index (Phi) is 4.28. The van der Waals surface area contributed by atoms with Crippen LogP contribution in [-0.2, 0) is 9.53 Å². The van der Waals surface area contributed by atoms with Gasteiger partial charge in [-0.1, -0.05) is 18.5 Å². The van der Waals surface area contributed by atoms with E-state index in [1.54, 1.807) is 0 Å². The van der Waals surface area contributed by atoms with Crippen molar-refractivity contribution in [1.29, 1.82) is 0 Å². The fourth-order valence-electron chi connectivity index (χ4n) is 2.30. The molecule has 0 aromatic carbocycles. The van der Waals surface area contributed by atoms with E-state index < -0.39 is 0 Å². The van der Waals surface area contributed by atoms with Gasteiger partial charge in [0.15, 0.2) is 0 Å². The van der Waals surface area contributed by atoms with Gasteiger partial charge in [0, 0.05) is 29.6 Å². The highest BCUT2D eigenvalue weighted by Gasteiger charge is 2.18. The van der Waals surface area contributed by atoms with Crippen LogP contribution in [0.15, 0.2) is 12.1 Å². The van der Waals surface area contributed by atoms with Gasteiger partial charge in [0.2, 0.25) is 5.91 Å². The van der Waals surface area contributed by atoms with Gasteiger partial charge in [0.25, 0.3) is 0 Å². The van der Waals surface area contributed by atoms with Crippen molar-refractivity contribution in [2.45, 2.75) is 13.3 Å². The molecule has 0 saturated carbocycles. The molecule has 1 aliphatic heterocycles. The van der Waals surface area contributed by atoms with Gasteiger partial charge in [-0.2, -0.15) is 0 Å². The predicted octanol–water partition coefficient (Wildman–Crippen LogP) is 3.13. The Morgan fingerprint density at radius 1 is 1.48 bits per heavy atom. The highest BCUT2D eigenvalue weighted by atomic mass is 35.5. The molecule has 1 aliphatic rings. The van der Waals surface area contributed by atoms with Crippen LogP contribution in [0.2, 0.25) is 4.34 Å². The van der Waals surface area contributed by atoms with E-state index in [2.05, 4.69) is 15.2 Å². The number of thiophene rings is 1. The molecule has 1 amide bonds. The Balaban J connectivity index is 2.04. The third-order valence-electron chi connectivity index (χ3n) is 3.37. The molecule has 0 unspecified atom stereocenters. The zero-order valence-electron chi connectivity index (χ0n) is 11.7. The van der Waals surface area contributed by atoms with Crippen LogP contribution in [0.3, 0.4) is 0 Å². The average Bonchev–Trinajstić information content (AvgIpc) is 2.87. The molecule has 1 saturated heterocycles. The predicted molar refractivity (Wildman–Crippen MR) is 86.6 cm³/mol. The van der Waals surface area contributed by atoms with Gasteiger partial charge in [-0.3, -0.25) is 4.79 Å². The topological polar surface area (TPSA) is 54.5 Å². The molecule has 5 nitrogen and oxygen atoms in total. The lowest BCUT2D eigenvalue weighted by Crippen LogP contribution is -2.37. The smallest absolute Gasteiger partial charge is 0.225 e. The van der Waals surface area contributed by atoms with Crippen molar-refractivity contribution in [3.63, 3.8) is 0 Å². The number of morpholine rings is 1. The zero-order valence-corrected chi connectivity index (χ0v) is 13.3. The Bertz CT molecular complexity index is 668. The second-order valence-electron chi connectivity index (χ2n) is 4.79. The van der Waals surface area contributed by atoms with E-state index in [0.717, 1.165) is 33.3 Å². The molecule has 0 radical (unpaired) electrons. The number of anilines is 2. The summed E-state index contributed by atoms with van der Waals surface area (Å²) in [4.78, 5) is 18.4. The van der Waals surface area contributed by atoms with Crippen molar-refractivity contribution in [2.75, 3.05) is 36.5 Å².